The SMILES string of the molecule is CCC(Nc1ccn2ncc(Br)c2n1)C1Cc2ccccc2C1. The van der Waals surface area contributed by atoms with E-state index in [-0.39, 0.29) is 0 Å². The van der Waals surface area contributed by atoms with Gasteiger partial charge in [-0.1, -0.05) is 31.2 Å². The predicted octanol–water partition coefficient (Wildman–Crippen LogP) is 4.10. The van der Waals surface area contributed by atoms with Crippen molar-refractivity contribution in [3.05, 3.63) is 58.3 Å². The van der Waals surface area contributed by atoms with Crippen LogP contribution in [0.1, 0.15) is 24.5 Å². The molecule has 0 radical (unpaired) electrons. The zero-order valence-corrected chi connectivity index (χ0v) is 14.6. The third kappa shape index (κ3) is 2.74. The van der Waals surface area contributed by atoms with Crippen LogP contribution >= 0.6 is 15.9 Å². The Morgan fingerprint density at radius 3 is 2.70 bits per heavy atom. The van der Waals surface area contributed by atoms with E-state index >= 15 is 0 Å². The molecule has 23 heavy (non-hydrogen) atoms. The van der Waals surface area contributed by atoms with Gasteiger partial charge in [0.2, 0.25) is 0 Å². The highest BCUT2D eigenvalue weighted by atomic mass is 79.9. The van der Waals surface area contributed by atoms with E-state index in [2.05, 4.69) is 62.5 Å². The lowest BCUT2D eigenvalue weighted by molar-refractivity contribution is 0.454. The van der Waals surface area contributed by atoms with Gasteiger partial charge in [0.25, 0.3) is 0 Å². The van der Waals surface area contributed by atoms with Crippen molar-refractivity contribution in [1.29, 1.82) is 0 Å². The topological polar surface area (TPSA) is 42.2 Å². The number of hydrogen-bond donors (Lipinski definition) is 1. The van der Waals surface area contributed by atoms with Gasteiger partial charge in [0, 0.05) is 12.2 Å². The molecular weight excluding hydrogens is 352 g/mol. The van der Waals surface area contributed by atoms with Crippen LogP contribution in [0, 0.1) is 5.92 Å². The first-order chi connectivity index (χ1) is 11.2. The fourth-order valence-corrected chi connectivity index (χ4v) is 3.90. The van der Waals surface area contributed by atoms with E-state index in [1.54, 1.807) is 10.7 Å². The summed E-state index contributed by atoms with van der Waals surface area (Å²) in [5.74, 6) is 1.55. The van der Waals surface area contributed by atoms with Gasteiger partial charge in [-0.15, -0.1) is 0 Å². The Morgan fingerprint density at radius 2 is 2.00 bits per heavy atom. The molecule has 0 spiro atoms. The van der Waals surface area contributed by atoms with Gasteiger partial charge in [-0.2, -0.15) is 5.10 Å². The summed E-state index contributed by atoms with van der Waals surface area (Å²) in [4.78, 5) is 4.69. The van der Waals surface area contributed by atoms with Gasteiger partial charge in [-0.3, -0.25) is 0 Å². The number of nitrogens with one attached hydrogen (secondary N) is 1. The lowest BCUT2D eigenvalue weighted by atomic mass is 9.94. The zero-order valence-electron chi connectivity index (χ0n) is 13.0. The number of aromatic nitrogens is 3. The molecule has 118 valence electrons. The highest BCUT2D eigenvalue weighted by Gasteiger charge is 2.27. The standard InChI is InChI=1S/C18H19BrN4/c1-2-16(14-9-12-5-3-4-6-13(12)10-14)21-17-7-8-23-18(22-17)15(19)11-20-23/h3-8,11,14,16H,2,9-10H2,1H3,(H,21,22). The van der Waals surface area contributed by atoms with Crippen LogP contribution in [0.2, 0.25) is 0 Å². The van der Waals surface area contributed by atoms with Gasteiger partial charge in [0.05, 0.1) is 10.7 Å². The summed E-state index contributed by atoms with van der Waals surface area (Å²) < 4.78 is 2.70. The molecule has 0 aliphatic heterocycles. The first-order valence-corrected chi connectivity index (χ1v) is 8.87. The van der Waals surface area contributed by atoms with Crippen LogP contribution in [0.5, 0.6) is 0 Å². The van der Waals surface area contributed by atoms with Crippen molar-refractivity contribution in [2.24, 2.45) is 5.92 Å². The fourth-order valence-electron chi connectivity index (χ4n) is 3.54. The Balaban J connectivity index is 1.55. The molecule has 1 N–H and O–H groups in total. The largest absolute Gasteiger partial charge is 0.367 e. The van der Waals surface area contributed by atoms with Crippen LogP contribution in [-0.2, 0) is 12.8 Å². The van der Waals surface area contributed by atoms with Crippen LogP contribution in [0.4, 0.5) is 5.82 Å². The third-order valence-electron chi connectivity index (χ3n) is 4.75. The first-order valence-electron chi connectivity index (χ1n) is 8.08. The molecule has 5 heteroatoms. The maximum Gasteiger partial charge on any atom is 0.171 e. The molecule has 2 aromatic heterocycles. The number of anilines is 1. The van der Waals surface area contributed by atoms with E-state index in [1.807, 2.05) is 12.3 Å². The van der Waals surface area contributed by atoms with E-state index < -0.39 is 0 Å². The average Bonchev–Trinajstić information content (AvgIpc) is 3.16. The number of halogens is 1. The summed E-state index contributed by atoms with van der Waals surface area (Å²) in [7, 11) is 0. The summed E-state index contributed by atoms with van der Waals surface area (Å²) in [5.41, 5.74) is 3.85. The Labute approximate surface area is 144 Å². The molecule has 1 aliphatic carbocycles. The summed E-state index contributed by atoms with van der Waals surface area (Å²) in [6.07, 6.45) is 7.12. The van der Waals surface area contributed by atoms with Crippen molar-refractivity contribution in [3.63, 3.8) is 0 Å². The summed E-state index contributed by atoms with van der Waals surface area (Å²) in [5, 5.41) is 7.88. The summed E-state index contributed by atoms with van der Waals surface area (Å²) >= 11 is 3.50. The van der Waals surface area contributed by atoms with Gasteiger partial charge in [-0.05, 0) is 58.3 Å². The molecule has 4 nitrogen and oxygen atoms in total. The Morgan fingerprint density at radius 1 is 1.26 bits per heavy atom. The minimum absolute atomic E-state index is 0.430. The molecule has 1 aliphatic rings. The van der Waals surface area contributed by atoms with Crippen molar-refractivity contribution in [2.75, 3.05) is 5.32 Å². The third-order valence-corrected chi connectivity index (χ3v) is 5.31. The first kappa shape index (κ1) is 14.7. The smallest absolute Gasteiger partial charge is 0.171 e. The highest BCUT2D eigenvalue weighted by Crippen LogP contribution is 2.31. The fraction of sp³-hybridized carbons (Fsp3) is 0.333. The van der Waals surface area contributed by atoms with Crippen LogP contribution in [0.3, 0.4) is 0 Å². The molecule has 0 bridgehead atoms. The monoisotopic (exact) mass is 370 g/mol. The van der Waals surface area contributed by atoms with Crippen molar-refractivity contribution in [3.8, 4) is 0 Å². The predicted molar refractivity (Wildman–Crippen MR) is 95.7 cm³/mol. The van der Waals surface area contributed by atoms with Crippen molar-refractivity contribution < 1.29 is 0 Å². The molecule has 4 rings (SSSR count). The Hall–Kier alpha value is -1.88. The normalized spacial score (nSPS) is 15.7. The zero-order chi connectivity index (χ0) is 15.8. The average molecular weight is 371 g/mol. The highest BCUT2D eigenvalue weighted by molar-refractivity contribution is 9.10. The maximum atomic E-state index is 4.69. The summed E-state index contributed by atoms with van der Waals surface area (Å²) in [6.45, 7) is 2.24. The van der Waals surface area contributed by atoms with Gasteiger partial charge in [-0.25, -0.2) is 9.50 Å². The molecule has 0 saturated heterocycles. The number of benzene rings is 1. The van der Waals surface area contributed by atoms with Gasteiger partial charge in [0.15, 0.2) is 5.65 Å². The molecule has 2 heterocycles. The van der Waals surface area contributed by atoms with Crippen molar-refractivity contribution in [1.82, 2.24) is 14.6 Å². The van der Waals surface area contributed by atoms with E-state index in [1.165, 1.54) is 11.1 Å². The number of fused-ring (bicyclic) bond motifs is 2. The second kappa shape index (κ2) is 5.96. The van der Waals surface area contributed by atoms with Crippen LogP contribution in [-0.4, -0.2) is 20.6 Å². The minimum atomic E-state index is 0.430. The molecule has 1 atom stereocenters. The van der Waals surface area contributed by atoms with Crippen LogP contribution < -0.4 is 5.32 Å². The van der Waals surface area contributed by atoms with E-state index in [0.29, 0.717) is 12.0 Å². The summed E-state index contributed by atoms with van der Waals surface area (Å²) in [6, 6.07) is 11.2. The lowest BCUT2D eigenvalue weighted by Crippen LogP contribution is -2.29. The quantitative estimate of drug-likeness (QED) is 0.751. The number of hydrogen-bond acceptors (Lipinski definition) is 3. The molecular formula is C18H19BrN4. The van der Waals surface area contributed by atoms with E-state index in [4.69, 9.17) is 0 Å². The van der Waals surface area contributed by atoms with Crippen LogP contribution in [0.15, 0.2) is 47.2 Å². The molecule has 1 unspecified atom stereocenters. The molecule has 0 saturated carbocycles. The molecule has 0 fully saturated rings. The maximum absolute atomic E-state index is 4.69. The van der Waals surface area contributed by atoms with E-state index in [0.717, 1.165) is 35.2 Å². The van der Waals surface area contributed by atoms with Crippen molar-refractivity contribution >= 4 is 27.4 Å². The van der Waals surface area contributed by atoms with Gasteiger partial charge < -0.3 is 5.32 Å². The number of nitrogens with zero attached hydrogens (tertiary/aromatic N) is 3. The Kier molecular flexibility index (Phi) is 3.81. The van der Waals surface area contributed by atoms with Crippen LogP contribution in [0.25, 0.3) is 5.65 Å². The van der Waals surface area contributed by atoms with E-state index in [9.17, 15) is 0 Å². The lowest BCUT2D eigenvalue weighted by Gasteiger charge is -2.24. The second-order valence-electron chi connectivity index (χ2n) is 6.17. The minimum Gasteiger partial charge on any atom is -0.367 e. The number of rotatable bonds is 4. The second-order valence-corrected chi connectivity index (χ2v) is 7.02. The molecule has 3 aromatic rings. The molecule has 0 amide bonds. The van der Waals surface area contributed by atoms with Crippen molar-refractivity contribution in [2.45, 2.75) is 32.2 Å². The Bertz CT molecular complexity index is 817. The van der Waals surface area contributed by atoms with Gasteiger partial charge >= 0.3 is 0 Å². The molecule has 1 aromatic carbocycles. The van der Waals surface area contributed by atoms with Gasteiger partial charge in [0.1, 0.15) is 5.82 Å².